The van der Waals surface area contributed by atoms with E-state index in [1.54, 1.807) is 13.8 Å². The van der Waals surface area contributed by atoms with Crippen molar-refractivity contribution in [3.8, 4) is 17.0 Å². The third-order valence-corrected chi connectivity index (χ3v) is 8.07. The molecule has 0 saturated carbocycles. The number of fused-ring (bicyclic) bond motifs is 1. The Labute approximate surface area is 272 Å². The van der Waals surface area contributed by atoms with Crippen molar-refractivity contribution in [1.29, 1.82) is 0 Å². The zero-order valence-corrected chi connectivity index (χ0v) is 26.6. The van der Waals surface area contributed by atoms with E-state index < -0.39 is 58.8 Å². The van der Waals surface area contributed by atoms with Crippen LogP contribution in [0.25, 0.3) is 11.3 Å². The average molecular weight is 676 g/mol. The summed E-state index contributed by atoms with van der Waals surface area (Å²) in [6, 6.07) is 4.39. The third-order valence-electron chi connectivity index (χ3n) is 8.07. The Morgan fingerprint density at radius 3 is 2.48 bits per heavy atom. The second-order valence-electron chi connectivity index (χ2n) is 11.7. The normalized spacial score (nSPS) is 16.5. The molecular formula is C32H34F5N7O4. The summed E-state index contributed by atoms with van der Waals surface area (Å²) in [5.74, 6) is -6.71. The SMILES string of the molecule is CCN1CCC[C@H]1CNc1nc(-c2c(C)ccc(C(=O)NC(C)C)c2OC(=O)C(F)(F)F)c2c(n1)N(c1c(F)cccc1F)C(=O)NC2. The number of anilines is 3. The van der Waals surface area contributed by atoms with E-state index in [1.165, 1.54) is 19.1 Å². The Morgan fingerprint density at radius 2 is 1.83 bits per heavy atom. The number of ether oxygens (including phenoxy) is 1. The van der Waals surface area contributed by atoms with Gasteiger partial charge >= 0.3 is 18.2 Å². The number of likely N-dealkylation sites (tertiary alicyclic amines) is 1. The van der Waals surface area contributed by atoms with Gasteiger partial charge in [-0.2, -0.15) is 18.2 Å². The van der Waals surface area contributed by atoms with E-state index in [0.29, 0.717) is 11.4 Å². The number of nitrogens with zero attached hydrogens (tertiary/aromatic N) is 4. The largest absolute Gasteiger partial charge is 0.491 e. The highest BCUT2D eigenvalue weighted by Gasteiger charge is 2.43. The third kappa shape index (κ3) is 6.88. The molecular weight excluding hydrogens is 641 g/mol. The molecule has 11 nitrogen and oxygen atoms in total. The maximum Gasteiger partial charge on any atom is 0.491 e. The smallest absolute Gasteiger partial charge is 0.418 e. The molecule has 1 aromatic heterocycles. The summed E-state index contributed by atoms with van der Waals surface area (Å²) < 4.78 is 76.0. The van der Waals surface area contributed by atoms with Crippen molar-refractivity contribution in [2.45, 2.75) is 65.3 Å². The highest BCUT2D eigenvalue weighted by Crippen LogP contribution is 2.43. The molecule has 1 fully saturated rings. The Kier molecular flexibility index (Phi) is 9.84. The fraction of sp³-hybridized carbons (Fsp3) is 0.406. The Balaban J connectivity index is 1.77. The van der Waals surface area contributed by atoms with Gasteiger partial charge in [-0.05, 0) is 70.5 Å². The first kappa shape index (κ1) is 34.5. The van der Waals surface area contributed by atoms with E-state index in [1.807, 2.05) is 6.92 Å². The van der Waals surface area contributed by atoms with E-state index in [2.05, 4.69) is 30.8 Å². The summed E-state index contributed by atoms with van der Waals surface area (Å²) in [6.45, 7) is 8.45. The molecule has 2 aliphatic heterocycles. The monoisotopic (exact) mass is 675 g/mol. The van der Waals surface area contributed by atoms with Crippen molar-refractivity contribution in [2.75, 3.05) is 29.9 Å². The molecule has 0 unspecified atom stereocenters. The minimum Gasteiger partial charge on any atom is -0.418 e. The van der Waals surface area contributed by atoms with E-state index in [9.17, 15) is 27.6 Å². The molecule has 3 amide bonds. The summed E-state index contributed by atoms with van der Waals surface area (Å²) in [7, 11) is 0. The number of benzene rings is 2. The molecule has 3 heterocycles. The molecule has 256 valence electrons. The first-order chi connectivity index (χ1) is 22.7. The van der Waals surface area contributed by atoms with Gasteiger partial charge in [0.15, 0.2) is 11.6 Å². The molecule has 3 aromatic rings. The van der Waals surface area contributed by atoms with Crippen LogP contribution in [0.3, 0.4) is 0 Å². The number of esters is 1. The van der Waals surface area contributed by atoms with Crippen LogP contribution in [0.1, 0.15) is 55.1 Å². The molecule has 1 saturated heterocycles. The quantitative estimate of drug-likeness (QED) is 0.152. The van der Waals surface area contributed by atoms with Gasteiger partial charge in [0.25, 0.3) is 5.91 Å². The number of rotatable bonds is 9. The van der Waals surface area contributed by atoms with Crippen molar-refractivity contribution in [3.63, 3.8) is 0 Å². The Hall–Kier alpha value is -4.86. The number of para-hydroxylation sites is 1. The summed E-state index contributed by atoms with van der Waals surface area (Å²) >= 11 is 0. The van der Waals surface area contributed by atoms with Crippen molar-refractivity contribution in [3.05, 3.63) is 58.7 Å². The van der Waals surface area contributed by atoms with Gasteiger partial charge in [0, 0.05) is 29.8 Å². The van der Waals surface area contributed by atoms with E-state index in [-0.39, 0.29) is 46.7 Å². The molecule has 3 N–H and O–H groups in total. The second-order valence-corrected chi connectivity index (χ2v) is 11.7. The molecule has 5 rings (SSSR count). The van der Waals surface area contributed by atoms with E-state index >= 15 is 8.78 Å². The first-order valence-corrected chi connectivity index (χ1v) is 15.4. The molecule has 1 atom stereocenters. The number of aryl methyl sites for hydroxylation is 1. The average Bonchev–Trinajstić information content (AvgIpc) is 3.47. The molecule has 0 aliphatic carbocycles. The highest BCUT2D eigenvalue weighted by atomic mass is 19.4. The molecule has 0 spiro atoms. The van der Waals surface area contributed by atoms with Crippen LogP contribution in [0, 0.1) is 18.6 Å². The summed E-state index contributed by atoms with van der Waals surface area (Å²) in [5.41, 5.74) is -1.19. The number of alkyl halides is 3. The lowest BCUT2D eigenvalue weighted by atomic mass is 9.95. The fourth-order valence-corrected chi connectivity index (χ4v) is 5.86. The van der Waals surface area contributed by atoms with Gasteiger partial charge in [0.1, 0.15) is 17.3 Å². The maximum atomic E-state index is 15.2. The Morgan fingerprint density at radius 1 is 1.12 bits per heavy atom. The first-order valence-electron chi connectivity index (χ1n) is 15.4. The maximum absolute atomic E-state index is 15.2. The van der Waals surface area contributed by atoms with Crippen molar-refractivity contribution in [1.82, 2.24) is 25.5 Å². The zero-order valence-electron chi connectivity index (χ0n) is 26.6. The van der Waals surface area contributed by atoms with E-state index in [4.69, 9.17) is 4.74 Å². The fourth-order valence-electron chi connectivity index (χ4n) is 5.86. The second kappa shape index (κ2) is 13.7. The van der Waals surface area contributed by atoms with Crippen molar-refractivity contribution in [2.24, 2.45) is 0 Å². The number of nitrogens with one attached hydrogen (secondary N) is 3. The molecule has 48 heavy (non-hydrogen) atoms. The minimum atomic E-state index is -5.43. The van der Waals surface area contributed by atoms with Crippen LogP contribution in [-0.2, 0) is 11.3 Å². The number of carbonyl (C=O) groups is 3. The zero-order chi connectivity index (χ0) is 34.9. The molecule has 2 aliphatic rings. The lowest BCUT2D eigenvalue weighted by molar-refractivity contribution is -0.189. The Bertz CT molecular complexity index is 1730. The van der Waals surface area contributed by atoms with Crippen LogP contribution >= 0.6 is 0 Å². The van der Waals surface area contributed by atoms with Crippen molar-refractivity contribution >= 4 is 35.4 Å². The number of amides is 3. The molecule has 0 radical (unpaired) electrons. The molecule has 0 bridgehead atoms. The van der Waals surface area contributed by atoms with Crippen LogP contribution in [0.15, 0.2) is 30.3 Å². The molecule has 16 heteroatoms. The van der Waals surface area contributed by atoms with Gasteiger partial charge in [-0.3, -0.25) is 9.69 Å². The standard InChI is InChI=1S/C32H34F5N7O4/c1-5-43-13-7-8-18(43)14-38-30-41-24(20-15-39-31(47)44(27(20)42-30)25-21(33)9-6-10-22(25)34)23-17(4)11-12-19(28(45)40-16(2)3)26(23)48-29(46)32(35,36)37/h6,9-12,16,18H,5,7-8,13-15H2,1-4H3,(H,39,47)(H,40,45)(H,38,41,42)/t18-/m0/s1. The number of hydrogen-bond acceptors (Lipinski definition) is 8. The summed E-state index contributed by atoms with van der Waals surface area (Å²) in [6.07, 6.45) is -3.61. The van der Waals surface area contributed by atoms with Crippen molar-refractivity contribution < 1.29 is 41.1 Å². The summed E-state index contributed by atoms with van der Waals surface area (Å²) in [4.78, 5) is 50.8. The highest BCUT2D eigenvalue weighted by molar-refractivity contribution is 6.04. The van der Waals surface area contributed by atoms with Crippen LogP contribution in [0.4, 0.5) is 44.2 Å². The van der Waals surface area contributed by atoms with Gasteiger partial charge in [-0.1, -0.05) is 19.1 Å². The van der Waals surface area contributed by atoms with Crippen LogP contribution in [-0.4, -0.2) is 70.7 Å². The predicted molar refractivity (Wildman–Crippen MR) is 166 cm³/mol. The van der Waals surface area contributed by atoms with Crippen LogP contribution in [0.5, 0.6) is 5.75 Å². The number of aromatic nitrogens is 2. The van der Waals surface area contributed by atoms with Gasteiger partial charge < -0.3 is 20.7 Å². The topological polar surface area (TPSA) is 129 Å². The number of carbonyl (C=O) groups excluding carboxylic acids is 3. The van der Waals surface area contributed by atoms with Crippen LogP contribution < -0.4 is 25.6 Å². The lowest BCUT2D eigenvalue weighted by Gasteiger charge is -2.31. The van der Waals surface area contributed by atoms with E-state index in [0.717, 1.165) is 44.1 Å². The number of halogens is 5. The summed E-state index contributed by atoms with van der Waals surface area (Å²) in [5, 5.41) is 8.21. The van der Waals surface area contributed by atoms with Gasteiger partial charge in [0.2, 0.25) is 5.95 Å². The predicted octanol–water partition coefficient (Wildman–Crippen LogP) is 5.59. The van der Waals surface area contributed by atoms with Gasteiger partial charge in [0.05, 0.1) is 17.8 Å². The van der Waals surface area contributed by atoms with Gasteiger partial charge in [-0.25, -0.2) is 28.3 Å². The number of urea groups is 1. The van der Waals surface area contributed by atoms with Gasteiger partial charge in [-0.15, -0.1) is 0 Å². The molecule has 2 aromatic carbocycles. The lowest BCUT2D eigenvalue weighted by Crippen LogP contribution is -2.43. The minimum absolute atomic E-state index is 0.0349. The number of likely N-dealkylation sites (N-methyl/N-ethyl adjacent to an activating group) is 1. The number of hydrogen-bond donors (Lipinski definition) is 3. The van der Waals surface area contributed by atoms with Crippen LogP contribution in [0.2, 0.25) is 0 Å².